The lowest BCUT2D eigenvalue weighted by atomic mass is 10.2. The third-order valence-electron chi connectivity index (χ3n) is 3.21. The monoisotopic (exact) mass is 247 g/mol. The SMILES string of the molecule is CCC(C)N(C)C(=O)c1cc2ccccc2s1. The Morgan fingerprint density at radius 1 is 1.41 bits per heavy atom. The van der Waals surface area contributed by atoms with Crippen molar-refractivity contribution >= 4 is 27.3 Å². The summed E-state index contributed by atoms with van der Waals surface area (Å²) in [6.07, 6.45) is 0.979. The number of thiophene rings is 1. The highest BCUT2D eigenvalue weighted by molar-refractivity contribution is 7.20. The second-order valence-electron chi connectivity index (χ2n) is 4.32. The Kier molecular flexibility index (Phi) is 3.48. The minimum Gasteiger partial charge on any atom is -0.338 e. The van der Waals surface area contributed by atoms with Crippen LogP contribution in [0.25, 0.3) is 10.1 Å². The Morgan fingerprint density at radius 3 is 2.76 bits per heavy atom. The predicted molar refractivity (Wildman–Crippen MR) is 73.7 cm³/mol. The van der Waals surface area contributed by atoms with Gasteiger partial charge in [0.15, 0.2) is 0 Å². The highest BCUT2D eigenvalue weighted by Crippen LogP contribution is 2.26. The summed E-state index contributed by atoms with van der Waals surface area (Å²) < 4.78 is 1.17. The predicted octanol–water partition coefficient (Wildman–Crippen LogP) is 3.77. The van der Waals surface area contributed by atoms with E-state index in [0.717, 1.165) is 16.7 Å². The van der Waals surface area contributed by atoms with Crippen molar-refractivity contribution in [1.82, 2.24) is 4.90 Å². The van der Waals surface area contributed by atoms with Crippen molar-refractivity contribution in [2.24, 2.45) is 0 Å². The molecule has 0 N–H and O–H groups in total. The Labute approximate surface area is 106 Å². The van der Waals surface area contributed by atoms with Gasteiger partial charge in [0.2, 0.25) is 0 Å². The average molecular weight is 247 g/mol. The standard InChI is InChI=1S/C14H17NOS/c1-4-10(2)15(3)14(16)13-9-11-7-5-6-8-12(11)17-13/h5-10H,4H2,1-3H3. The molecule has 0 aliphatic heterocycles. The number of carbonyl (C=O) groups excluding carboxylic acids is 1. The molecule has 1 atom stereocenters. The molecule has 1 unspecified atom stereocenters. The van der Waals surface area contributed by atoms with E-state index < -0.39 is 0 Å². The molecule has 0 aliphatic rings. The van der Waals surface area contributed by atoms with Gasteiger partial charge in [0.25, 0.3) is 5.91 Å². The van der Waals surface area contributed by atoms with Crippen LogP contribution in [0, 0.1) is 0 Å². The van der Waals surface area contributed by atoms with E-state index in [1.54, 1.807) is 11.3 Å². The van der Waals surface area contributed by atoms with E-state index >= 15 is 0 Å². The van der Waals surface area contributed by atoms with Crippen LogP contribution in [0.15, 0.2) is 30.3 Å². The molecule has 0 saturated carbocycles. The van der Waals surface area contributed by atoms with Crippen molar-refractivity contribution in [3.05, 3.63) is 35.2 Å². The van der Waals surface area contributed by atoms with Crippen LogP contribution in [0.1, 0.15) is 29.9 Å². The number of benzene rings is 1. The molecule has 3 heteroatoms. The second-order valence-corrected chi connectivity index (χ2v) is 5.41. The van der Waals surface area contributed by atoms with Crippen molar-refractivity contribution < 1.29 is 4.79 Å². The van der Waals surface area contributed by atoms with E-state index in [9.17, 15) is 4.79 Å². The number of hydrogen-bond acceptors (Lipinski definition) is 2. The van der Waals surface area contributed by atoms with Crippen molar-refractivity contribution in [2.45, 2.75) is 26.3 Å². The lowest BCUT2D eigenvalue weighted by Crippen LogP contribution is -2.34. The fourth-order valence-corrected chi connectivity index (χ4v) is 2.78. The summed E-state index contributed by atoms with van der Waals surface area (Å²) in [5.41, 5.74) is 0. The van der Waals surface area contributed by atoms with Gasteiger partial charge in [-0.1, -0.05) is 25.1 Å². The topological polar surface area (TPSA) is 20.3 Å². The van der Waals surface area contributed by atoms with Crippen LogP contribution < -0.4 is 0 Å². The van der Waals surface area contributed by atoms with Gasteiger partial charge in [0.1, 0.15) is 0 Å². The summed E-state index contributed by atoms with van der Waals surface area (Å²) in [6.45, 7) is 4.17. The highest BCUT2D eigenvalue weighted by atomic mass is 32.1. The molecule has 17 heavy (non-hydrogen) atoms. The van der Waals surface area contributed by atoms with Gasteiger partial charge in [-0.05, 0) is 30.9 Å². The summed E-state index contributed by atoms with van der Waals surface area (Å²) in [7, 11) is 1.88. The first-order valence-electron chi connectivity index (χ1n) is 5.89. The first kappa shape index (κ1) is 12.1. The van der Waals surface area contributed by atoms with Gasteiger partial charge >= 0.3 is 0 Å². The van der Waals surface area contributed by atoms with Crippen molar-refractivity contribution in [2.75, 3.05) is 7.05 Å². The quantitative estimate of drug-likeness (QED) is 0.808. The minimum atomic E-state index is 0.126. The number of carbonyl (C=O) groups is 1. The number of hydrogen-bond donors (Lipinski definition) is 0. The van der Waals surface area contributed by atoms with Crippen LogP contribution in [-0.2, 0) is 0 Å². The van der Waals surface area contributed by atoms with E-state index in [1.807, 2.05) is 36.2 Å². The molecule has 1 heterocycles. The van der Waals surface area contributed by atoms with E-state index in [2.05, 4.69) is 19.9 Å². The van der Waals surface area contributed by atoms with E-state index in [-0.39, 0.29) is 11.9 Å². The molecule has 0 fully saturated rings. The molecule has 90 valence electrons. The molecule has 0 saturated heterocycles. The molecule has 2 nitrogen and oxygen atoms in total. The highest BCUT2D eigenvalue weighted by Gasteiger charge is 2.18. The third kappa shape index (κ3) is 2.34. The fraction of sp³-hybridized carbons (Fsp3) is 0.357. The molecule has 2 aromatic rings. The summed E-state index contributed by atoms with van der Waals surface area (Å²) in [5.74, 6) is 0.126. The zero-order valence-corrected chi connectivity index (χ0v) is 11.3. The molecule has 0 radical (unpaired) electrons. The van der Waals surface area contributed by atoms with Crippen LogP contribution in [0.5, 0.6) is 0 Å². The van der Waals surface area contributed by atoms with Gasteiger partial charge in [-0.15, -0.1) is 11.3 Å². The largest absolute Gasteiger partial charge is 0.338 e. The molecule has 1 aromatic carbocycles. The van der Waals surface area contributed by atoms with Gasteiger partial charge in [0.05, 0.1) is 4.88 Å². The molecular formula is C14H17NOS. The molecular weight excluding hydrogens is 230 g/mol. The van der Waals surface area contributed by atoms with Gasteiger partial charge in [-0.25, -0.2) is 0 Å². The lowest BCUT2D eigenvalue weighted by Gasteiger charge is -2.22. The van der Waals surface area contributed by atoms with Crippen molar-refractivity contribution in [1.29, 1.82) is 0 Å². The van der Waals surface area contributed by atoms with Crippen molar-refractivity contribution in [3.63, 3.8) is 0 Å². The molecule has 0 spiro atoms. The van der Waals surface area contributed by atoms with Gasteiger partial charge < -0.3 is 4.90 Å². The Bertz CT molecular complexity index is 499. The first-order valence-corrected chi connectivity index (χ1v) is 6.71. The molecule has 0 aliphatic carbocycles. The maximum absolute atomic E-state index is 12.3. The Hall–Kier alpha value is -1.35. The first-order chi connectivity index (χ1) is 8.13. The van der Waals surface area contributed by atoms with E-state index in [0.29, 0.717) is 0 Å². The summed E-state index contributed by atoms with van der Waals surface area (Å²) in [6, 6.07) is 10.4. The van der Waals surface area contributed by atoms with Crippen LogP contribution >= 0.6 is 11.3 Å². The number of nitrogens with zero attached hydrogens (tertiary/aromatic N) is 1. The normalized spacial score (nSPS) is 12.6. The fourth-order valence-electron chi connectivity index (χ4n) is 1.74. The summed E-state index contributed by atoms with van der Waals surface area (Å²) in [5, 5.41) is 1.15. The summed E-state index contributed by atoms with van der Waals surface area (Å²) in [4.78, 5) is 14.9. The van der Waals surface area contributed by atoms with Crippen LogP contribution in [0.4, 0.5) is 0 Å². The minimum absolute atomic E-state index is 0.126. The number of amides is 1. The number of fused-ring (bicyclic) bond motifs is 1. The Balaban J connectivity index is 2.30. The van der Waals surface area contributed by atoms with E-state index in [4.69, 9.17) is 0 Å². The molecule has 0 bridgehead atoms. The maximum Gasteiger partial charge on any atom is 0.263 e. The maximum atomic E-state index is 12.3. The van der Waals surface area contributed by atoms with Gasteiger partial charge in [0, 0.05) is 17.8 Å². The van der Waals surface area contributed by atoms with Gasteiger partial charge in [-0.2, -0.15) is 0 Å². The smallest absolute Gasteiger partial charge is 0.263 e. The zero-order valence-electron chi connectivity index (χ0n) is 10.4. The lowest BCUT2D eigenvalue weighted by molar-refractivity contribution is 0.0745. The molecule has 2 rings (SSSR count). The number of rotatable bonds is 3. The second kappa shape index (κ2) is 4.88. The van der Waals surface area contributed by atoms with Crippen LogP contribution in [-0.4, -0.2) is 23.9 Å². The zero-order chi connectivity index (χ0) is 12.4. The average Bonchev–Trinajstić information content (AvgIpc) is 2.79. The summed E-state index contributed by atoms with van der Waals surface area (Å²) >= 11 is 1.57. The van der Waals surface area contributed by atoms with Crippen molar-refractivity contribution in [3.8, 4) is 0 Å². The third-order valence-corrected chi connectivity index (χ3v) is 4.31. The molecule has 1 amide bonds. The van der Waals surface area contributed by atoms with Crippen LogP contribution in [0.2, 0.25) is 0 Å². The Morgan fingerprint density at radius 2 is 2.12 bits per heavy atom. The van der Waals surface area contributed by atoms with E-state index in [1.165, 1.54) is 4.70 Å². The molecule has 1 aromatic heterocycles. The van der Waals surface area contributed by atoms with Crippen LogP contribution in [0.3, 0.4) is 0 Å². The van der Waals surface area contributed by atoms with Gasteiger partial charge in [-0.3, -0.25) is 4.79 Å².